The number of ketones is 1. The zero-order valence-electron chi connectivity index (χ0n) is 18.6. The molecule has 0 radical (unpaired) electrons. The first kappa shape index (κ1) is 21.4. The lowest BCUT2D eigenvalue weighted by atomic mass is 9.86. The van der Waals surface area contributed by atoms with E-state index in [0.29, 0.717) is 22.6 Å². The van der Waals surface area contributed by atoms with Gasteiger partial charge in [0.15, 0.2) is 5.78 Å². The zero-order valence-corrected chi connectivity index (χ0v) is 18.6. The normalized spacial score (nSPS) is 11.2. The summed E-state index contributed by atoms with van der Waals surface area (Å²) in [6.07, 6.45) is 0. The van der Waals surface area contributed by atoms with E-state index in [1.165, 1.54) is 5.56 Å². The average molecular weight is 424 g/mol. The highest BCUT2D eigenvalue weighted by molar-refractivity contribution is 6.09. The van der Waals surface area contributed by atoms with Crippen LogP contribution < -0.4 is 4.74 Å². The van der Waals surface area contributed by atoms with Crippen LogP contribution in [0.25, 0.3) is 11.1 Å². The molecule has 3 heteroatoms. The second kappa shape index (κ2) is 8.72. The summed E-state index contributed by atoms with van der Waals surface area (Å²) in [5.41, 5.74) is 4.71. The molecule has 32 heavy (non-hydrogen) atoms. The second-order valence-electron chi connectivity index (χ2n) is 8.88. The standard InChI is InChI=1S/C29H26O3/c1-29(2,3)24-12-4-22(5-13-24)28(31)23-10-18-27(19-11-23)32-26-16-8-21(9-17-26)20-6-14-25(30)15-7-20/h4-19,30H,1-3H3/p+1. The van der Waals surface area contributed by atoms with Gasteiger partial charge in [-0.25, -0.2) is 0 Å². The number of carbonyl (C=O) groups is 1. The first-order chi connectivity index (χ1) is 15.3. The Kier molecular flexibility index (Phi) is 5.83. The van der Waals surface area contributed by atoms with E-state index in [9.17, 15) is 4.79 Å². The Hall–Kier alpha value is -3.85. The van der Waals surface area contributed by atoms with Crippen molar-refractivity contribution in [3.63, 3.8) is 0 Å². The van der Waals surface area contributed by atoms with Gasteiger partial charge in [0.2, 0.25) is 0 Å². The molecule has 0 spiro atoms. The van der Waals surface area contributed by atoms with Crippen LogP contribution in [0.3, 0.4) is 0 Å². The molecule has 0 aliphatic carbocycles. The maximum Gasteiger partial charge on any atom is 0.253 e. The summed E-state index contributed by atoms with van der Waals surface area (Å²) in [4.78, 5) is 12.8. The van der Waals surface area contributed by atoms with Crippen LogP contribution in [0.1, 0.15) is 42.3 Å². The fourth-order valence-electron chi connectivity index (χ4n) is 3.48. The molecule has 2 N–H and O–H groups in total. The van der Waals surface area contributed by atoms with Crippen LogP contribution >= 0.6 is 0 Å². The molecule has 4 aromatic rings. The molecule has 0 fully saturated rings. The minimum absolute atomic E-state index is 0.0000555. The van der Waals surface area contributed by atoms with Crippen LogP contribution in [-0.2, 0) is 5.41 Å². The van der Waals surface area contributed by atoms with Gasteiger partial charge in [0.05, 0.1) is 0 Å². The van der Waals surface area contributed by atoms with E-state index in [2.05, 4.69) is 20.8 Å². The molecule has 0 atom stereocenters. The van der Waals surface area contributed by atoms with Crippen molar-refractivity contribution in [3.05, 3.63) is 114 Å². The van der Waals surface area contributed by atoms with E-state index in [0.717, 1.165) is 16.9 Å². The van der Waals surface area contributed by atoms with Crippen molar-refractivity contribution in [1.82, 2.24) is 0 Å². The Morgan fingerprint density at radius 2 is 1.03 bits per heavy atom. The van der Waals surface area contributed by atoms with Crippen LogP contribution in [0.4, 0.5) is 0 Å². The van der Waals surface area contributed by atoms with Gasteiger partial charge in [-0.3, -0.25) is 4.79 Å². The Bertz CT molecular complexity index is 1200. The van der Waals surface area contributed by atoms with Crippen molar-refractivity contribution in [1.29, 1.82) is 0 Å². The molecule has 0 saturated heterocycles. The fraction of sp³-hybridized carbons (Fsp3) is 0.138. The maximum atomic E-state index is 12.8. The number of hydrogen-bond acceptors (Lipinski definition) is 2. The van der Waals surface area contributed by atoms with E-state index >= 15 is 0 Å². The number of benzene rings is 4. The summed E-state index contributed by atoms with van der Waals surface area (Å²) < 4.78 is 5.94. The molecular formula is C29H27O3+. The molecule has 0 amide bonds. The summed E-state index contributed by atoms with van der Waals surface area (Å²) in [7, 11) is 0. The maximum absolute atomic E-state index is 12.8. The van der Waals surface area contributed by atoms with Gasteiger partial charge >= 0.3 is 0 Å². The molecule has 0 bridgehead atoms. The molecule has 3 nitrogen and oxygen atoms in total. The Balaban J connectivity index is 1.43. The lowest BCUT2D eigenvalue weighted by Gasteiger charge is -2.19. The van der Waals surface area contributed by atoms with Crippen LogP contribution in [0.5, 0.6) is 17.2 Å². The summed E-state index contributed by atoms with van der Waals surface area (Å²) in [5.74, 6) is 1.90. The summed E-state index contributed by atoms with van der Waals surface area (Å²) >= 11 is 0. The van der Waals surface area contributed by atoms with Crippen molar-refractivity contribution >= 4 is 5.78 Å². The van der Waals surface area contributed by atoms with Gasteiger partial charge in [-0.05, 0) is 70.6 Å². The Morgan fingerprint density at radius 1 is 0.625 bits per heavy atom. The summed E-state index contributed by atoms with van der Waals surface area (Å²) in [5, 5.41) is 7.59. The van der Waals surface area contributed by atoms with E-state index in [1.54, 1.807) is 24.3 Å². The van der Waals surface area contributed by atoms with Crippen molar-refractivity contribution in [2.75, 3.05) is 0 Å². The molecule has 0 aliphatic heterocycles. The lowest BCUT2D eigenvalue weighted by Crippen LogP contribution is -2.11. The Labute approximate surface area is 188 Å². The summed E-state index contributed by atoms with van der Waals surface area (Å²) in [6, 6.07) is 30.3. The predicted octanol–water partition coefficient (Wildman–Crippen LogP) is 7.11. The van der Waals surface area contributed by atoms with Crippen molar-refractivity contribution < 1.29 is 14.6 Å². The van der Waals surface area contributed by atoms with Crippen molar-refractivity contribution in [2.45, 2.75) is 26.2 Å². The third-order valence-corrected chi connectivity index (χ3v) is 5.44. The van der Waals surface area contributed by atoms with Crippen molar-refractivity contribution in [3.8, 4) is 28.4 Å². The van der Waals surface area contributed by atoms with Gasteiger partial charge < -0.3 is 9.84 Å². The highest BCUT2D eigenvalue weighted by atomic mass is 16.5. The molecule has 4 aromatic carbocycles. The minimum Gasteiger partial charge on any atom is -0.593 e. The quantitative estimate of drug-likeness (QED) is 0.254. The third-order valence-electron chi connectivity index (χ3n) is 5.44. The molecule has 0 saturated carbocycles. The van der Waals surface area contributed by atoms with Gasteiger partial charge in [-0.2, -0.15) is 0 Å². The summed E-state index contributed by atoms with van der Waals surface area (Å²) in [6.45, 7) is 6.48. The second-order valence-corrected chi connectivity index (χ2v) is 8.88. The van der Waals surface area contributed by atoms with Crippen LogP contribution in [0.15, 0.2) is 97.1 Å². The van der Waals surface area contributed by atoms with E-state index in [-0.39, 0.29) is 11.2 Å². The minimum atomic E-state index is 0.0000555. The average Bonchev–Trinajstić information content (AvgIpc) is 2.80. The first-order valence-electron chi connectivity index (χ1n) is 10.6. The SMILES string of the molecule is CC(C)(C)c1ccc(C(=O)c2ccc(Oc3ccc(-c4ccc([OH2+])cc4)cc3)cc2)cc1. The highest BCUT2D eigenvalue weighted by Gasteiger charge is 2.15. The van der Waals surface area contributed by atoms with E-state index in [4.69, 9.17) is 9.84 Å². The Morgan fingerprint density at radius 3 is 1.50 bits per heavy atom. The monoisotopic (exact) mass is 423 g/mol. The van der Waals surface area contributed by atoms with Crippen LogP contribution in [0, 0.1) is 0 Å². The number of carbonyl (C=O) groups excluding carboxylic acids is 1. The number of hydrogen-bond donors (Lipinski definition) is 0. The predicted molar refractivity (Wildman–Crippen MR) is 130 cm³/mol. The van der Waals surface area contributed by atoms with Crippen LogP contribution in [0.2, 0.25) is 0 Å². The fourth-order valence-corrected chi connectivity index (χ4v) is 3.48. The molecule has 160 valence electrons. The van der Waals surface area contributed by atoms with E-state index < -0.39 is 0 Å². The van der Waals surface area contributed by atoms with Gasteiger partial charge in [0.25, 0.3) is 5.75 Å². The molecule has 0 aliphatic rings. The number of rotatable bonds is 5. The van der Waals surface area contributed by atoms with Gasteiger partial charge in [0.1, 0.15) is 11.5 Å². The van der Waals surface area contributed by atoms with Gasteiger partial charge in [-0.15, -0.1) is 0 Å². The van der Waals surface area contributed by atoms with Gasteiger partial charge in [-0.1, -0.05) is 57.2 Å². The molecule has 0 heterocycles. The molecule has 4 rings (SSSR count). The molecule has 0 aromatic heterocycles. The smallest absolute Gasteiger partial charge is 0.253 e. The van der Waals surface area contributed by atoms with Crippen molar-refractivity contribution in [2.24, 2.45) is 0 Å². The largest absolute Gasteiger partial charge is 0.593 e. The van der Waals surface area contributed by atoms with Crippen LogP contribution in [-0.4, -0.2) is 10.9 Å². The third kappa shape index (κ3) is 4.89. The van der Waals surface area contributed by atoms with Gasteiger partial charge in [0, 0.05) is 23.3 Å². The first-order valence-corrected chi connectivity index (χ1v) is 10.6. The molecular weight excluding hydrogens is 396 g/mol. The number of ether oxygens (including phenoxy) is 1. The molecule has 0 unspecified atom stereocenters. The topological polar surface area (TPSA) is 49.2 Å². The zero-order chi connectivity index (χ0) is 22.7. The lowest BCUT2D eigenvalue weighted by molar-refractivity contribution is 0.103. The van der Waals surface area contributed by atoms with E-state index in [1.807, 2.05) is 72.8 Å². The highest BCUT2D eigenvalue weighted by Crippen LogP contribution is 2.28.